The predicted molar refractivity (Wildman–Crippen MR) is 218 cm³/mol. The van der Waals surface area contributed by atoms with Gasteiger partial charge < -0.3 is 39.9 Å². The molecule has 3 unspecified atom stereocenters. The minimum Gasteiger partial charge on any atom is -0.453 e. The van der Waals surface area contributed by atoms with Crippen LogP contribution in [0.5, 0.6) is 0 Å². The van der Waals surface area contributed by atoms with E-state index in [4.69, 9.17) is 19.4 Å². The number of carbonyl (C=O) groups excluding carboxylic acids is 4. The first-order chi connectivity index (χ1) is 27.9. The summed E-state index contributed by atoms with van der Waals surface area (Å²) in [7, 11) is 2.62. The smallest absolute Gasteiger partial charge is 0.407 e. The average Bonchev–Trinajstić information content (AvgIpc) is 3.87. The number of imidazole rings is 2. The van der Waals surface area contributed by atoms with Crippen LogP contribution in [0.15, 0.2) is 48.5 Å². The lowest BCUT2D eigenvalue weighted by molar-refractivity contribution is -0.137. The van der Waals surface area contributed by atoms with E-state index in [-0.39, 0.29) is 47.8 Å². The van der Waals surface area contributed by atoms with E-state index in [1.807, 2.05) is 37.5 Å². The Bertz CT molecular complexity index is 2440. The number of methoxy groups -OCH3 is 2. The number of aromatic nitrogens is 4. The quantitative estimate of drug-likeness (QED) is 0.118. The first kappa shape index (κ1) is 37.9. The van der Waals surface area contributed by atoms with E-state index in [1.165, 1.54) is 25.3 Å². The molecule has 2 aromatic heterocycles. The third kappa shape index (κ3) is 6.79. The number of likely N-dealkylation sites (tertiary alicyclic amines) is 2. The van der Waals surface area contributed by atoms with Crippen LogP contribution in [0, 0.1) is 23.7 Å². The number of nitrogens with one attached hydrogen (secondary N) is 4. The van der Waals surface area contributed by atoms with Gasteiger partial charge in [0.2, 0.25) is 11.8 Å². The second kappa shape index (κ2) is 14.6. The number of hydrogen-bond donors (Lipinski definition) is 4. The van der Waals surface area contributed by atoms with Crippen LogP contribution in [0.3, 0.4) is 0 Å². The molecule has 2 aliphatic carbocycles. The van der Waals surface area contributed by atoms with Gasteiger partial charge in [0.1, 0.15) is 23.7 Å². The number of amides is 4. The summed E-state index contributed by atoms with van der Waals surface area (Å²) in [5.41, 5.74) is 6.05. The van der Waals surface area contributed by atoms with Crippen molar-refractivity contribution >= 4 is 56.8 Å². The van der Waals surface area contributed by atoms with Gasteiger partial charge in [-0.05, 0) is 96.9 Å². The van der Waals surface area contributed by atoms with Gasteiger partial charge in [0, 0.05) is 17.5 Å². The number of carbonyl (C=O) groups is 4. The molecule has 8 atom stereocenters. The maximum Gasteiger partial charge on any atom is 0.407 e. The highest BCUT2D eigenvalue weighted by molar-refractivity contribution is 6.04. The van der Waals surface area contributed by atoms with E-state index in [9.17, 15) is 19.2 Å². The minimum absolute atomic E-state index is 0.0877. The number of hydrogen-bond acceptors (Lipinski definition) is 8. The zero-order valence-electron chi connectivity index (χ0n) is 33.9. The van der Waals surface area contributed by atoms with E-state index in [2.05, 4.69) is 69.1 Å². The highest BCUT2D eigenvalue weighted by atomic mass is 16.5. The molecule has 9 rings (SSSR count). The lowest BCUT2D eigenvalue weighted by Gasteiger charge is -2.31. The van der Waals surface area contributed by atoms with Crippen molar-refractivity contribution in [3.8, 4) is 0 Å². The number of benzene rings is 3. The van der Waals surface area contributed by atoms with E-state index < -0.39 is 24.3 Å². The monoisotopic (exact) mass is 788 g/mol. The Kier molecular flexibility index (Phi) is 9.55. The molecular formula is C44H52N8O6. The Labute approximate surface area is 336 Å². The van der Waals surface area contributed by atoms with Crippen LogP contribution in [-0.4, -0.2) is 92.1 Å². The van der Waals surface area contributed by atoms with E-state index in [1.54, 1.807) is 0 Å². The number of aromatic amines is 2. The number of H-pyrrole nitrogens is 2. The van der Waals surface area contributed by atoms with Gasteiger partial charge in [0.15, 0.2) is 0 Å². The van der Waals surface area contributed by atoms with Crippen molar-refractivity contribution in [1.29, 1.82) is 0 Å². The van der Waals surface area contributed by atoms with Crippen LogP contribution in [0.2, 0.25) is 0 Å². The van der Waals surface area contributed by atoms with E-state index in [0.717, 1.165) is 83.0 Å². The molecule has 58 heavy (non-hydrogen) atoms. The lowest BCUT2D eigenvalue weighted by atomic mass is 10.0. The Hall–Kier alpha value is -5.66. The van der Waals surface area contributed by atoms with Crippen molar-refractivity contribution in [2.24, 2.45) is 23.7 Å². The molecule has 4 heterocycles. The van der Waals surface area contributed by atoms with Crippen LogP contribution >= 0.6 is 0 Å². The molecule has 4 aliphatic rings. The third-order valence-electron chi connectivity index (χ3n) is 12.9. The largest absolute Gasteiger partial charge is 0.453 e. The van der Waals surface area contributed by atoms with Crippen molar-refractivity contribution in [2.75, 3.05) is 14.2 Å². The molecule has 4 fully saturated rings. The highest BCUT2D eigenvalue weighted by Crippen LogP contribution is 2.54. The molecule has 3 aromatic carbocycles. The number of alkyl carbamates (subject to hydrolysis) is 2. The van der Waals surface area contributed by atoms with E-state index >= 15 is 0 Å². The molecule has 4 N–H and O–H groups in total. The normalized spacial score (nSPS) is 24.3. The molecule has 5 aromatic rings. The zero-order valence-corrected chi connectivity index (χ0v) is 33.9. The maximum atomic E-state index is 13.9. The fourth-order valence-electron chi connectivity index (χ4n) is 9.62. The number of aryl methyl sites for hydroxylation is 2. The number of nitrogens with zero attached hydrogens (tertiary/aromatic N) is 4. The average molecular weight is 789 g/mol. The fourth-order valence-corrected chi connectivity index (χ4v) is 9.62. The Balaban J connectivity index is 0.896. The molecule has 0 radical (unpaired) electrons. The summed E-state index contributed by atoms with van der Waals surface area (Å²) in [5.74, 6) is 2.10. The summed E-state index contributed by atoms with van der Waals surface area (Å²) in [4.78, 5) is 73.0. The highest BCUT2D eigenvalue weighted by Gasteiger charge is 2.57. The molecule has 14 nitrogen and oxygen atoms in total. The van der Waals surface area contributed by atoms with Crippen LogP contribution in [0.1, 0.15) is 88.2 Å². The molecule has 2 saturated heterocycles. The zero-order chi connectivity index (χ0) is 40.6. The number of rotatable bonds is 11. The standard InChI is InChI=1S/C44H52N8O6/c1-21(2)36(49-43(55)57-5)41(53)51-32-17-26(32)19-34(51)39-45-29-13-10-24(16-31(29)47-39)8-7-23-9-12-28-25(15-23)11-14-30-38(28)48-40(46-30)35-20-27-18-33(27)52(35)42(54)37(22(3)4)50-44(56)58-6/h9-16,21-22,26-27,32-37H,7-8,17-20H2,1-6H3,(H,45,47)(H,46,48)(H,49,55)(H,50,56)/t26?,27-,32-,33?,34+,35?,36+,37+/m1/s1. The van der Waals surface area contributed by atoms with Crippen molar-refractivity contribution in [2.45, 2.75) is 102 Å². The number of ether oxygens (including phenoxy) is 2. The predicted octanol–water partition coefficient (Wildman–Crippen LogP) is 6.46. The first-order valence-corrected chi connectivity index (χ1v) is 20.7. The summed E-state index contributed by atoms with van der Waals surface area (Å²) in [6.45, 7) is 7.72. The van der Waals surface area contributed by atoms with Gasteiger partial charge in [0.05, 0.1) is 48.4 Å². The van der Waals surface area contributed by atoms with E-state index in [0.29, 0.717) is 11.8 Å². The van der Waals surface area contributed by atoms with Gasteiger partial charge in [-0.1, -0.05) is 58.0 Å². The second-order valence-electron chi connectivity index (χ2n) is 17.4. The topological polar surface area (TPSA) is 175 Å². The van der Waals surface area contributed by atoms with Gasteiger partial charge >= 0.3 is 12.2 Å². The van der Waals surface area contributed by atoms with Crippen LogP contribution < -0.4 is 10.6 Å². The summed E-state index contributed by atoms with van der Waals surface area (Å²) >= 11 is 0. The Morgan fingerprint density at radius 2 is 1.22 bits per heavy atom. The van der Waals surface area contributed by atoms with Crippen LogP contribution in [0.4, 0.5) is 9.59 Å². The van der Waals surface area contributed by atoms with Gasteiger partial charge in [-0.2, -0.15) is 0 Å². The molecule has 2 saturated carbocycles. The first-order valence-electron chi connectivity index (χ1n) is 20.7. The van der Waals surface area contributed by atoms with Gasteiger partial charge in [-0.3, -0.25) is 9.59 Å². The Morgan fingerprint density at radius 1 is 0.690 bits per heavy atom. The summed E-state index contributed by atoms with van der Waals surface area (Å²) in [5, 5.41) is 7.67. The molecule has 0 bridgehead atoms. The summed E-state index contributed by atoms with van der Waals surface area (Å²) in [6, 6.07) is 15.7. The van der Waals surface area contributed by atoms with Gasteiger partial charge in [-0.15, -0.1) is 0 Å². The van der Waals surface area contributed by atoms with Gasteiger partial charge in [-0.25, -0.2) is 19.6 Å². The SMILES string of the molecule is COC(=O)N[C@H](C(=O)N1C(c2nc3c(ccc4cc(CCc5ccc6nc([C@@H]7CC8C[C@H]8N7C(=O)[C@@H](NC(=O)OC)C(C)C)[nH]c6c5)ccc43)[nH]2)C[C@H]2CC21)C(C)C. The molecule has 2 aliphatic heterocycles. The van der Waals surface area contributed by atoms with Crippen molar-refractivity contribution in [1.82, 2.24) is 40.4 Å². The van der Waals surface area contributed by atoms with Gasteiger partial charge in [0.25, 0.3) is 0 Å². The van der Waals surface area contributed by atoms with Crippen LogP contribution in [-0.2, 0) is 31.9 Å². The van der Waals surface area contributed by atoms with Crippen LogP contribution in [0.25, 0.3) is 32.8 Å². The summed E-state index contributed by atoms with van der Waals surface area (Å²) < 4.78 is 9.63. The van der Waals surface area contributed by atoms with Crippen molar-refractivity contribution in [3.63, 3.8) is 0 Å². The fraction of sp³-hybridized carbons (Fsp3) is 0.500. The molecular weight excluding hydrogens is 737 g/mol. The third-order valence-corrected chi connectivity index (χ3v) is 12.9. The summed E-state index contributed by atoms with van der Waals surface area (Å²) in [6.07, 6.45) is 4.15. The number of piperidine rings is 2. The number of fused-ring (bicyclic) bond motifs is 6. The molecule has 304 valence electrons. The lowest BCUT2D eigenvalue weighted by Crippen LogP contribution is -2.52. The minimum atomic E-state index is -0.677. The molecule has 14 heteroatoms. The molecule has 0 spiro atoms. The van der Waals surface area contributed by atoms with Crippen molar-refractivity contribution in [3.05, 3.63) is 71.3 Å². The van der Waals surface area contributed by atoms with Crippen molar-refractivity contribution < 1.29 is 28.7 Å². The Morgan fingerprint density at radius 3 is 1.79 bits per heavy atom. The second-order valence-corrected chi connectivity index (χ2v) is 17.4. The molecule has 4 amide bonds. The maximum absolute atomic E-state index is 13.9.